The Balaban J connectivity index is 1.73. The van der Waals surface area contributed by atoms with E-state index >= 15 is 0 Å². The summed E-state index contributed by atoms with van der Waals surface area (Å²) in [5.74, 6) is 1.06. The van der Waals surface area contributed by atoms with Crippen LogP contribution in [0.15, 0.2) is 56.8 Å². The zero-order chi connectivity index (χ0) is 27.2. The molecule has 1 atom stereocenters. The van der Waals surface area contributed by atoms with Crippen molar-refractivity contribution in [2.45, 2.75) is 53.0 Å². The van der Waals surface area contributed by atoms with Gasteiger partial charge in [0.05, 0.1) is 36.1 Å². The summed E-state index contributed by atoms with van der Waals surface area (Å²) >= 11 is 2.80. The molecule has 2 aromatic heterocycles. The molecule has 0 amide bonds. The second kappa shape index (κ2) is 12.6. The molecule has 1 aromatic carbocycles. The normalized spacial score (nSPS) is 15.4. The zero-order valence-electron chi connectivity index (χ0n) is 22.5. The molecule has 0 aliphatic carbocycles. The number of hydrogen-bond donors (Lipinski definition) is 0. The van der Waals surface area contributed by atoms with Crippen molar-refractivity contribution in [2.75, 3.05) is 20.3 Å². The van der Waals surface area contributed by atoms with Crippen molar-refractivity contribution >= 4 is 34.7 Å². The first kappa shape index (κ1) is 27.9. The number of allylic oxidation sites excluding steroid dienone is 1. The van der Waals surface area contributed by atoms with E-state index < -0.39 is 12.0 Å². The fraction of sp³-hybridized carbons (Fsp3) is 0.414. The summed E-state index contributed by atoms with van der Waals surface area (Å²) in [6, 6.07) is 8.92. The second-order valence-corrected chi connectivity index (χ2v) is 11.5. The van der Waals surface area contributed by atoms with Crippen LogP contribution in [0.4, 0.5) is 0 Å². The van der Waals surface area contributed by atoms with Gasteiger partial charge in [0.2, 0.25) is 0 Å². The molecule has 0 saturated carbocycles. The van der Waals surface area contributed by atoms with E-state index in [-0.39, 0.29) is 11.5 Å². The fourth-order valence-electron chi connectivity index (χ4n) is 4.20. The van der Waals surface area contributed by atoms with Crippen LogP contribution in [-0.4, -0.2) is 30.9 Å². The smallest absolute Gasteiger partial charge is 0.338 e. The van der Waals surface area contributed by atoms with Gasteiger partial charge in [-0.1, -0.05) is 57.1 Å². The SMILES string of the molecule is CCCCCOc1ccc(/C=c2\sc3n(c2=O)C(c2cccs2)C(C(=O)OCC(C)C)=C(C)N=3)cc1OC. The minimum absolute atomic E-state index is 0.200. The largest absolute Gasteiger partial charge is 0.493 e. The number of methoxy groups -OCH3 is 1. The predicted molar refractivity (Wildman–Crippen MR) is 152 cm³/mol. The van der Waals surface area contributed by atoms with Gasteiger partial charge in [0.15, 0.2) is 16.3 Å². The summed E-state index contributed by atoms with van der Waals surface area (Å²) in [5, 5.41) is 1.94. The zero-order valence-corrected chi connectivity index (χ0v) is 24.1. The molecule has 0 radical (unpaired) electrons. The van der Waals surface area contributed by atoms with Crippen LogP contribution >= 0.6 is 22.7 Å². The van der Waals surface area contributed by atoms with Gasteiger partial charge in [0.25, 0.3) is 5.56 Å². The molecule has 7 nitrogen and oxygen atoms in total. The van der Waals surface area contributed by atoms with Gasteiger partial charge in [-0.25, -0.2) is 9.79 Å². The van der Waals surface area contributed by atoms with Gasteiger partial charge in [-0.2, -0.15) is 0 Å². The van der Waals surface area contributed by atoms with Gasteiger partial charge < -0.3 is 14.2 Å². The lowest BCUT2D eigenvalue weighted by molar-refractivity contribution is -0.140. The molecule has 0 saturated heterocycles. The van der Waals surface area contributed by atoms with Crippen LogP contribution in [0, 0.1) is 5.92 Å². The van der Waals surface area contributed by atoms with Crippen LogP contribution in [0.1, 0.15) is 63.4 Å². The summed E-state index contributed by atoms with van der Waals surface area (Å²) in [7, 11) is 1.61. The van der Waals surface area contributed by atoms with Crippen LogP contribution in [0.3, 0.4) is 0 Å². The maximum Gasteiger partial charge on any atom is 0.338 e. The average molecular weight is 555 g/mol. The van der Waals surface area contributed by atoms with Gasteiger partial charge in [-0.05, 0) is 54.5 Å². The molecule has 0 fully saturated rings. The van der Waals surface area contributed by atoms with Gasteiger partial charge in [-0.15, -0.1) is 11.3 Å². The molecular formula is C29H34N2O5S2. The first-order valence-corrected chi connectivity index (χ1v) is 14.6. The van der Waals surface area contributed by atoms with Crippen LogP contribution < -0.4 is 24.4 Å². The number of thiazole rings is 1. The lowest BCUT2D eigenvalue weighted by Crippen LogP contribution is -2.39. The molecule has 3 heterocycles. The highest BCUT2D eigenvalue weighted by atomic mass is 32.1. The molecule has 1 unspecified atom stereocenters. The number of hydrogen-bond acceptors (Lipinski definition) is 8. The number of aromatic nitrogens is 1. The summed E-state index contributed by atoms with van der Waals surface area (Å²) < 4.78 is 19.2. The second-order valence-electron chi connectivity index (χ2n) is 9.56. The van der Waals surface area contributed by atoms with E-state index in [9.17, 15) is 9.59 Å². The highest BCUT2D eigenvalue weighted by Crippen LogP contribution is 2.33. The number of fused-ring (bicyclic) bond motifs is 1. The minimum Gasteiger partial charge on any atom is -0.493 e. The number of esters is 1. The van der Waals surface area contributed by atoms with E-state index in [2.05, 4.69) is 11.9 Å². The Morgan fingerprint density at radius 2 is 2.03 bits per heavy atom. The molecule has 202 valence electrons. The molecule has 1 aliphatic heterocycles. The Bertz CT molecular complexity index is 1480. The van der Waals surface area contributed by atoms with E-state index in [1.54, 1.807) is 18.6 Å². The highest BCUT2D eigenvalue weighted by molar-refractivity contribution is 7.10. The Kier molecular flexibility index (Phi) is 9.22. The minimum atomic E-state index is -0.582. The predicted octanol–water partition coefficient (Wildman–Crippen LogP) is 5.07. The van der Waals surface area contributed by atoms with E-state index in [1.165, 1.54) is 22.7 Å². The van der Waals surface area contributed by atoms with Crippen molar-refractivity contribution in [2.24, 2.45) is 10.9 Å². The topological polar surface area (TPSA) is 79.1 Å². The lowest BCUT2D eigenvalue weighted by Gasteiger charge is -2.23. The standard InChI is InChI=1S/C29H34N2O5S2/c1-6-7-8-13-35-21-12-11-20(15-22(21)34-5)16-24-27(32)31-26(23-10-9-14-37-23)25(19(4)30-29(31)38-24)28(33)36-17-18(2)3/h9-12,14-16,18,26H,6-8,13,17H2,1-5H3/b24-16-. The maximum atomic E-state index is 13.7. The first-order valence-electron chi connectivity index (χ1n) is 12.9. The van der Waals surface area contributed by atoms with Crippen LogP contribution in [0.25, 0.3) is 6.08 Å². The van der Waals surface area contributed by atoms with E-state index in [0.717, 1.165) is 29.7 Å². The Hall–Kier alpha value is -3.17. The van der Waals surface area contributed by atoms with Crippen molar-refractivity contribution < 1.29 is 19.0 Å². The molecule has 1 aliphatic rings. The highest BCUT2D eigenvalue weighted by Gasteiger charge is 2.34. The fourth-order valence-corrected chi connectivity index (χ4v) is 6.07. The molecule has 0 spiro atoms. The van der Waals surface area contributed by atoms with Gasteiger partial charge in [-0.3, -0.25) is 9.36 Å². The number of thiophene rings is 1. The number of rotatable bonds is 11. The van der Waals surface area contributed by atoms with E-state index in [4.69, 9.17) is 14.2 Å². The number of ether oxygens (including phenoxy) is 3. The Labute approximate surface area is 230 Å². The molecule has 4 rings (SSSR count). The molecule has 3 aromatic rings. The van der Waals surface area contributed by atoms with Crippen LogP contribution in [0.2, 0.25) is 0 Å². The van der Waals surface area contributed by atoms with Crippen molar-refractivity contribution in [3.05, 3.63) is 77.1 Å². The number of unbranched alkanes of at least 4 members (excludes halogenated alkanes) is 2. The summed E-state index contributed by atoms with van der Waals surface area (Å²) in [5.41, 5.74) is 1.58. The van der Waals surface area contributed by atoms with Crippen molar-refractivity contribution in [3.63, 3.8) is 0 Å². The van der Waals surface area contributed by atoms with E-state index in [0.29, 0.717) is 45.3 Å². The summed E-state index contributed by atoms with van der Waals surface area (Å²) in [4.78, 5) is 33.0. The molecular weight excluding hydrogens is 520 g/mol. The quantitative estimate of drug-likeness (QED) is 0.244. The number of benzene rings is 1. The van der Waals surface area contributed by atoms with Crippen LogP contribution in [-0.2, 0) is 9.53 Å². The third kappa shape index (κ3) is 6.10. The first-order chi connectivity index (χ1) is 18.3. The molecule has 38 heavy (non-hydrogen) atoms. The Morgan fingerprint density at radius 1 is 1.21 bits per heavy atom. The average Bonchev–Trinajstić information content (AvgIpc) is 3.53. The van der Waals surface area contributed by atoms with Crippen molar-refractivity contribution in [1.82, 2.24) is 4.57 Å². The van der Waals surface area contributed by atoms with Gasteiger partial charge in [0, 0.05) is 4.88 Å². The summed E-state index contributed by atoms with van der Waals surface area (Å²) in [6.07, 6.45) is 5.06. The molecule has 0 bridgehead atoms. The van der Waals surface area contributed by atoms with E-state index in [1.807, 2.05) is 55.6 Å². The monoisotopic (exact) mass is 554 g/mol. The number of carbonyl (C=O) groups excluding carboxylic acids is 1. The molecule has 0 N–H and O–H groups in total. The third-order valence-electron chi connectivity index (χ3n) is 6.09. The number of nitrogens with zero attached hydrogens (tertiary/aromatic N) is 2. The summed E-state index contributed by atoms with van der Waals surface area (Å²) in [6.45, 7) is 8.86. The molecule has 9 heteroatoms. The Morgan fingerprint density at radius 3 is 2.71 bits per heavy atom. The van der Waals surface area contributed by atoms with Gasteiger partial charge >= 0.3 is 5.97 Å². The van der Waals surface area contributed by atoms with Crippen LogP contribution in [0.5, 0.6) is 11.5 Å². The number of carbonyl (C=O) groups is 1. The van der Waals surface area contributed by atoms with Crippen molar-refractivity contribution in [3.8, 4) is 11.5 Å². The third-order valence-corrected chi connectivity index (χ3v) is 8.00. The van der Waals surface area contributed by atoms with Crippen molar-refractivity contribution in [1.29, 1.82) is 0 Å². The lowest BCUT2D eigenvalue weighted by atomic mass is 10.0. The maximum absolute atomic E-state index is 13.7. The van der Waals surface area contributed by atoms with Gasteiger partial charge in [0.1, 0.15) is 6.04 Å².